The van der Waals surface area contributed by atoms with Crippen molar-refractivity contribution in [3.8, 4) is 0 Å². The molecule has 1 fully saturated rings. The first-order valence-electron chi connectivity index (χ1n) is 7.92. The van der Waals surface area contributed by atoms with Gasteiger partial charge < -0.3 is 15.1 Å². The van der Waals surface area contributed by atoms with Gasteiger partial charge in [0.2, 0.25) is 5.91 Å². The smallest absolute Gasteiger partial charge is 0.236 e. The van der Waals surface area contributed by atoms with Gasteiger partial charge in [-0.25, -0.2) is 0 Å². The van der Waals surface area contributed by atoms with E-state index in [-0.39, 0.29) is 5.91 Å². The van der Waals surface area contributed by atoms with Crippen LogP contribution in [0.2, 0.25) is 0 Å². The second kappa shape index (κ2) is 7.75. The van der Waals surface area contributed by atoms with Crippen molar-refractivity contribution in [1.29, 1.82) is 0 Å². The molecule has 126 valence electrons. The zero-order valence-corrected chi connectivity index (χ0v) is 15.2. The number of carbonyl (C=O) groups is 1. The highest BCUT2D eigenvalue weighted by atomic mass is 32.1. The summed E-state index contributed by atoms with van der Waals surface area (Å²) in [6.07, 6.45) is 0. The Balaban J connectivity index is 1.85. The highest BCUT2D eigenvalue weighted by molar-refractivity contribution is 7.80. The number of piperazine rings is 1. The molecule has 5 nitrogen and oxygen atoms in total. The van der Waals surface area contributed by atoms with Crippen molar-refractivity contribution in [2.75, 3.05) is 52.1 Å². The Hall–Kier alpha value is -1.66. The molecule has 6 heteroatoms. The third-order valence-corrected chi connectivity index (χ3v) is 4.35. The molecule has 1 aromatic rings. The molecule has 0 atom stereocenters. The van der Waals surface area contributed by atoms with Gasteiger partial charge in [0, 0.05) is 46.0 Å². The first-order chi connectivity index (χ1) is 10.8. The van der Waals surface area contributed by atoms with Crippen LogP contribution in [-0.2, 0) is 4.79 Å². The second-order valence-corrected chi connectivity index (χ2v) is 6.74. The van der Waals surface area contributed by atoms with Crippen LogP contribution in [0.3, 0.4) is 0 Å². The van der Waals surface area contributed by atoms with Crippen LogP contribution in [0, 0.1) is 13.8 Å². The van der Waals surface area contributed by atoms with Crippen LogP contribution in [0.25, 0.3) is 0 Å². The SMILES string of the molecule is Cc1cc(C)cc(NC(=S)N2CCN(CC(=O)N(C)C)CC2)c1. The van der Waals surface area contributed by atoms with Crippen molar-refractivity contribution in [1.82, 2.24) is 14.7 Å². The van der Waals surface area contributed by atoms with E-state index in [1.165, 1.54) is 11.1 Å². The summed E-state index contributed by atoms with van der Waals surface area (Å²) < 4.78 is 0. The van der Waals surface area contributed by atoms with E-state index in [1.54, 1.807) is 19.0 Å². The Morgan fingerprint density at radius 3 is 2.22 bits per heavy atom. The molecule has 0 unspecified atom stereocenters. The Bertz CT molecular complexity index is 560. The molecule has 1 aliphatic rings. The molecule has 1 amide bonds. The van der Waals surface area contributed by atoms with E-state index in [0.717, 1.165) is 37.0 Å². The maximum Gasteiger partial charge on any atom is 0.236 e. The second-order valence-electron chi connectivity index (χ2n) is 6.36. The fourth-order valence-corrected chi connectivity index (χ4v) is 2.99. The number of hydrogen-bond acceptors (Lipinski definition) is 3. The fraction of sp³-hybridized carbons (Fsp3) is 0.529. The van der Waals surface area contributed by atoms with Crippen LogP contribution in [0.15, 0.2) is 18.2 Å². The molecule has 23 heavy (non-hydrogen) atoms. The lowest BCUT2D eigenvalue weighted by atomic mass is 10.1. The molecule has 0 spiro atoms. The van der Waals surface area contributed by atoms with E-state index in [0.29, 0.717) is 6.54 Å². The lowest BCUT2D eigenvalue weighted by molar-refractivity contribution is -0.130. The first kappa shape index (κ1) is 17.7. The van der Waals surface area contributed by atoms with Gasteiger partial charge in [0.05, 0.1) is 6.54 Å². The van der Waals surface area contributed by atoms with Gasteiger partial charge in [0.25, 0.3) is 0 Å². The summed E-state index contributed by atoms with van der Waals surface area (Å²) in [7, 11) is 3.59. The number of amides is 1. The molecule has 2 rings (SSSR count). The molecule has 1 saturated heterocycles. The number of aryl methyl sites for hydroxylation is 2. The van der Waals surface area contributed by atoms with Crippen LogP contribution < -0.4 is 5.32 Å². The van der Waals surface area contributed by atoms with E-state index in [9.17, 15) is 4.79 Å². The maximum atomic E-state index is 11.8. The largest absolute Gasteiger partial charge is 0.348 e. The predicted molar refractivity (Wildman–Crippen MR) is 98.8 cm³/mol. The van der Waals surface area contributed by atoms with Gasteiger partial charge in [-0.1, -0.05) is 6.07 Å². The van der Waals surface area contributed by atoms with E-state index >= 15 is 0 Å². The van der Waals surface area contributed by atoms with Gasteiger partial charge in [-0.15, -0.1) is 0 Å². The Morgan fingerprint density at radius 2 is 1.70 bits per heavy atom. The van der Waals surface area contributed by atoms with Gasteiger partial charge >= 0.3 is 0 Å². The lowest BCUT2D eigenvalue weighted by Crippen LogP contribution is -2.51. The molecule has 1 N–H and O–H groups in total. The lowest BCUT2D eigenvalue weighted by Gasteiger charge is -2.36. The summed E-state index contributed by atoms with van der Waals surface area (Å²) in [4.78, 5) is 17.8. The molecule has 1 heterocycles. The van der Waals surface area contributed by atoms with Crippen molar-refractivity contribution in [3.05, 3.63) is 29.3 Å². The van der Waals surface area contributed by atoms with Crippen molar-refractivity contribution in [2.24, 2.45) is 0 Å². The number of hydrogen-bond donors (Lipinski definition) is 1. The molecule has 0 bridgehead atoms. The highest BCUT2D eigenvalue weighted by Gasteiger charge is 2.21. The average molecular weight is 334 g/mol. The zero-order valence-electron chi connectivity index (χ0n) is 14.4. The minimum atomic E-state index is 0.148. The van der Waals surface area contributed by atoms with Crippen molar-refractivity contribution in [3.63, 3.8) is 0 Å². The highest BCUT2D eigenvalue weighted by Crippen LogP contribution is 2.15. The summed E-state index contributed by atoms with van der Waals surface area (Å²) in [6.45, 7) is 8.05. The molecule has 0 radical (unpaired) electrons. The zero-order chi connectivity index (χ0) is 17.0. The third kappa shape index (κ3) is 5.18. The van der Waals surface area contributed by atoms with Gasteiger partial charge in [0.15, 0.2) is 5.11 Å². The van der Waals surface area contributed by atoms with E-state index in [4.69, 9.17) is 12.2 Å². The summed E-state index contributed by atoms with van der Waals surface area (Å²) in [5.41, 5.74) is 3.49. The fourth-order valence-electron chi connectivity index (χ4n) is 2.69. The number of nitrogens with zero attached hydrogens (tertiary/aromatic N) is 3. The summed E-state index contributed by atoms with van der Waals surface area (Å²) >= 11 is 5.53. The molecular weight excluding hydrogens is 308 g/mol. The average Bonchev–Trinajstić information content (AvgIpc) is 2.46. The quantitative estimate of drug-likeness (QED) is 0.852. The number of rotatable bonds is 3. The number of benzene rings is 1. The third-order valence-electron chi connectivity index (χ3n) is 3.99. The molecule has 0 aliphatic carbocycles. The van der Waals surface area contributed by atoms with Gasteiger partial charge in [-0.3, -0.25) is 9.69 Å². The number of nitrogens with one attached hydrogen (secondary N) is 1. The monoisotopic (exact) mass is 334 g/mol. The van der Waals surface area contributed by atoms with E-state index in [1.807, 2.05) is 0 Å². The summed E-state index contributed by atoms with van der Waals surface area (Å²) in [6, 6.07) is 6.35. The van der Waals surface area contributed by atoms with E-state index in [2.05, 4.69) is 47.2 Å². The van der Waals surface area contributed by atoms with Crippen LogP contribution in [0.5, 0.6) is 0 Å². The normalized spacial score (nSPS) is 15.4. The number of anilines is 1. The maximum absolute atomic E-state index is 11.8. The van der Waals surface area contributed by atoms with Crippen molar-refractivity contribution < 1.29 is 4.79 Å². The Kier molecular flexibility index (Phi) is 5.96. The van der Waals surface area contributed by atoms with Crippen molar-refractivity contribution in [2.45, 2.75) is 13.8 Å². The molecule has 1 aliphatic heterocycles. The molecular formula is C17H26N4OS. The topological polar surface area (TPSA) is 38.8 Å². The molecule has 0 saturated carbocycles. The standard InChI is InChI=1S/C17H26N4OS/c1-13-9-14(2)11-15(10-13)18-17(23)21-7-5-20(6-8-21)12-16(22)19(3)4/h9-11H,5-8,12H2,1-4H3,(H,18,23). The van der Waals surface area contributed by atoms with Gasteiger partial charge in [0.1, 0.15) is 0 Å². The minimum absolute atomic E-state index is 0.148. The van der Waals surface area contributed by atoms with Gasteiger partial charge in [-0.05, 0) is 49.3 Å². The van der Waals surface area contributed by atoms with Crippen LogP contribution >= 0.6 is 12.2 Å². The molecule has 0 aromatic heterocycles. The number of carbonyl (C=O) groups excluding carboxylic acids is 1. The Morgan fingerprint density at radius 1 is 1.13 bits per heavy atom. The van der Waals surface area contributed by atoms with E-state index < -0.39 is 0 Å². The first-order valence-corrected chi connectivity index (χ1v) is 8.32. The molecule has 1 aromatic carbocycles. The predicted octanol–water partition coefficient (Wildman–Crippen LogP) is 1.71. The minimum Gasteiger partial charge on any atom is -0.348 e. The van der Waals surface area contributed by atoms with Crippen LogP contribution in [-0.4, -0.2) is 72.5 Å². The summed E-state index contributed by atoms with van der Waals surface area (Å²) in [5, 5.41) is 4.09. The van der Waals surface area contributed by atoms with Crippen molar-refractivity contribution >= 4 is 28.9 Å². The Labute approximate surface area is 144 Å². The number of likely N-dealkylation sites (N-methyl/N-ethyl adjacent to an activating group) is 1. The van der Waals surface area contributed by atoms with Gasteiger partial charge in [-0.2, -0.15) is 0 Å². The van der Waals surface area contributed by atoms with Crippen LogP contribution in [0.1, 0.15) is 11.1 Å². The number of thiocarbonyl (C=S) groups is 1. The summed E-state index contributed by atoms with van der Waals surface area (Å²) in [5.74, 6) is 0.148. The van der Waals surface area contributed by atoms with Crippen LogP contribution in [0.4, 0.5) is 5.69 Å².